The molecule has 208 valence electrons. The summed E-state index contributed by atoms with van der Waals surface area (Å²) in [6.45, 7) is 0.276. The maximum absolute atomic E-state index is 13.2. The summed E-state index contributed by atoms with van der Waals surface area (Å²) in [7, 11) is 1.48. The summed E-state index contributed by atoms with van der Waals surface area (Å²) in [4.78, 5) is 40.4. The zero-order valence-electron chi connectivity index (χ0n) is 22.6. The number of ether oxygens (including phenoxy) is 3. The molecular formula is C34H25NO6S. The number of thioether (sulfide) groups is 1. The summed E-state index contributed by atoms with van der Waals surface area (Å²) in [5, 5.41) is 3.34. The quantitative estimate of drug-likeness (QED) is 0.109. The first-order valence-electron chi connectivity index (χ1n) is 13.3. The molecule has 6 rings (SSSR count). The van der Waals surface area contributed by atoms with Gasteiger partial charge in [0.1, 0.15) is 12.4 Å². The number of amides is 2. The minimum absolute atomic E-state index is 0.113. The first-order chi connectivity index (χ1) is 20.5. The van der Waals surface area contributed by atoms with Gasteiger partial charge in [-0.25, -0.2) is 4.79 Å². The van der Waals surface area contributed by atoms with Gasteiger partial charge in [-0.15, -0.1) is 0 Å². The lowest BCUT2D eigenvalue weighted by Crippen LogP contribution is -2.32. The fraction of sp³-hybridized carbons (Fsp3) is 0.0882. The highest BCUT2D eigenvalue weighted by atomic mass is 32.2. The van der Waals surface area contributed by atoms with E-state index in [1.807, 2.05) is 72.8 Å². The fourth-order valence-electron chi connectivity index (χ4n) is 4.83. The van der Waals surface area contributed by atoms with Gasteiger partial charge in [0, 0.05) is 5.39 Å². The minimum Gasteiger partial charge on any atom is -0.493 e. The Kier molecular flexibility index (Phi) is 7.62. The van der Waals surface area contributed by atoms with Gasteiger partial charge in [0.2, 0.25) is 0 Å². The van der Waals surface area contributed by atoms with E-state index >= 15 is 0 Å². The maximum atomic E-state index is 13.2. The van der Waals surface area contributed by atoms with Crippen LogP contribution in [0.1, 0.15) is 15.9 Å². The smallest absolute Gasteiger partial charge is 0.344 e. The van der Waals surface area contributed by atoms with Crippen molar-refractivity contribution in [2.75, 3.05) is 20.3 Å². The van der Waals surface area contributed by atoms with E-state index in [0.29, 0.717) is 22.6 Å². The van der Waals surface area contributed by atoms with Crippen LogP contribution >= 0.6 is 11.8 Å². The van der Waals surface area contributed by atoms with Gasteiger partial charge in [-0.3, -0.25) is 14.5 Å². The van der Waals surface area contributed by atoms with E-state index in [9.17, 15) is 14.4 Å². The van der Waals surface area contributed by atoms with Crippen molar-refractivity contribution in [1.82, 2.24) is 4.90 Å². The van der Waals surface area contributed by atoms with Gasteiger partial charge >= 0.3 is 5.97 Å². The van der Waals surface area contributed by atoms with E-state index in [4.69, 9.17) is 14.2 Å². The second kappa shape index (κ2) is 11.8. The largest absolute Gasteiger partial charge is 0.493 e. The lowest BCUT2D eigenvalue weighted by atomic mass is 10.0. The van der Waals surface area contributed by atoms with Gasteiger partial charge in [0.15, 0.2) is 11.5 Å². The van der Waals surface area contributed by atoms with Crippen LogP contribution in [0, 0.1) is 0 Å². The molecule has 5 aromatic carbocycles. The van der Waals surface area contributed by atoms with Crippen molar-refractivity contribution >= 4 is 56.5 Å². The summed E-state index contributed by atoms with van der Waals surface area (Å²) in [6.07, 6.45) is 1.60. The monoisotopic (exact) mass is 575 g/mol. The Morgan fingerprint density at radius 2 is 1.48 bits per heavy atom. The van der Waals surface area contributed by atoms with Gasteiger partial charge in [-0.2, -0.15) is 0 Å². The zero-order valence-corrected chi connectivity index (χ0v) is 23.4. The van der Waals surface area contributed by atoms with E-state index in [1.165, 1.54) is 12.0 Å². The predicted molar refractivity (Wildman–Crippen MR) is 164 cm³/mol. The number of methoxy groups -OCH3 is 1. The van der Waals surface area contributed by atoms with Crippen molar-refractivity contribution in [3.05, 3.63) is 119 Å². The molecular weight excluding hydrogens is 550 g/mol. The number of rotatable bonds is 8. The van der Waals surface area contributed by atoms with Crippen molar-refractivity contribution in [2.24, 2.45) is 0 Å². The summed E-state index contributed by atoms with van der Waals surface area (Å²) in [6, 6.07) is 31.6. The standard InChI is InChI=1S/C34H25NO6S/c1-39-29-17-16-22(20-30(29)41-33(37)27-14-6-10-23-8-2-4-12-25(23)27)21-31-32(36)35(34(38)42-31)18-19-40-28-15-7-11-24-9-3-5-13-26(24)28/h2-17,20-21H,18-19H2,1H3/b31-21-. The van der Waals surface area contributed by atoms with Gasteiger partial charge in [-0.05, 0) is 63.8 Å². The second-order valence-corrected chi connectivity index (χ2v) is 10.5. The number of imide groups is 1. The minimum atomic E-state index is -0.534. The molecule has 1 fully saturated rings. The molecule has 42 heavy (non-hydrogen) atoms. The van der Waals surface area contributed by atoms with Crippen LogP contribution in [-0.2, 0) is 4.79 Å². The molecule has 0 aromatic heterocycles. The van der Waals surface area contributed by atoms with Crippen LogP contribution in [-0.4, -0.2) is 42.3 Å². The Labute approximate surface area is 246 Å². The van der Waals surface area contributed by atoms with Crippen LogP contribution in [0.3, 0.4) is 0 Å². The highest BCUT2D eigenvalue weighted by Gasteiger charge is 2.35. The summed E-state index contributed by atoms with van der Waals surface area (Å²) in [5.74, 6) is 0.316. The summed E-state index contributed by atoms with van der Waals surface area (Å²) >= 11 is 0.857. The molecule has 1 saturated heterocycles. The second-order valence-electron chi connectivity index (χ2n) is 9.49. The van der Waals surface area contributed by atoms with Gasteiger partial charge in [-0.1, -0.05) is 78.9 Å². The molecule has 0 N–H and O–H groups in total. The number of hydrogen-bond acceptors (Lipinski definition) is 7. The van der Waals surface area contributed by atoms with E-state index in [0.717, 1.165) is 33.3 Å². The van der Waals surface area contributed by atoms with E-state index < -0.39 is 11.9 Å². The third kappa shape index (κ3) is 5.44. The van der Waals surface area contributed by atoms with Gasteiger partial charge < -0.3 is 14.2 Å². The number of nitrogens with zero attached hydrogens (tertiary/aromatic N) is 1. The number of carbonyl (C=O) groups excluding carboxylic acids is 3. The maximum Gasteiger partial charge on any atom is 0.344 e. The first kappa shape index (κ1) is 27.1. The van der Waals surface area contributed by atoms with Crippen molar-refractivity contribution in [2.45, 2.75) is 0 Å². The van der Waals surface area contributed by atoms with Gasteiger partial charge in [0.25, 0.3) is 11.1 Å². The highest BCUT2D eigenvalue weighted by Crippen LogP contribution is 2.35. The number of esters is 1. The van der Waals surface area contributed by atoms with Crippen molar-refractivity contribution in [1.29, 1.82) is 0 Å². The van der Waals surface area contributed by atoms with Crippen LogP contribution < -0.4 is 14.2 Å². The highest BCUT2D eigenvalue weighted by molar-refractivity contribution is 8.18. The van der Waals surface area contributed by atoms with Crippen molar-refractivity contribution in [3.63, 3.8) is 0 Å². The molecule has 0 spiro atoms. The third-order valence-electron chi connectivity index (χ3n) is 6.89. The molecule has 0 unspecified atom stereocenters. The van der Waals surface area contributed by atoms with Crippen LogP contribution in [0.4, 0.5) is 4.79 Å². The third-order valence-corrected chi connectivity index (χ3v) is 7.80. The van der Waals surface area contributed by atoms with E-state index in [1.54, 1.807) is 36.4 Å². The average Bonchev–Trinajstić information content (AvgIpc) is 3.28. The number of benzene rings is 5. The molecule has 1 aliphatic rings. The van der Waals surface area contributed by atoms with E-state index in [2.05, 4.69) is 0 Å². The topological polar surface area (TPSA) is 82.1 Å². The Bertz CT molecular complexity index is 1870. The molecule has 2 amide bonds. The van der Waals surface area contributed by atoms with Crippen molar-refractivity contribution in [3.8, 4) is 17.2 Å². The number of hydrogen-bond donors (Lipinski definition) is 0. The zero-order chi connectivity index (χ0) is 29.1. The lowest BCUT2D eigenvalue weighted by Gasteiger charge is -2.14. The van der Waals surface area contributed by atoms with Crippen molar-refractivity contribution < 1.29 is 28.6 Å². The molecule has 7 nitrogen and oxygen atoms in total. The number of fused-ring (bicyclic) bond motifs is 2. The molecule has 0 bridgehead atoms. The fourth-order valence-corrected chi connectivity index (χ4v) is 5.70. The van der Waals surface area contributed by atoms with E-state index in [-0.39, 0.29) is 29.0 Å². The Balaban J connectivity index is 1.17. The molecule has 0 aliphatic carbocycles. The average molecular weight is 576 g/mol. The Morgan fingerprint density at radius 1 is 0.786 bits per heavy atom. The lowest BCUT2D eigenvalue weighted by molar-refractivity contribution is -0.123. The predicted octanol–water partition coefficient (Wildman–Crippen LogP) is 7.34. The molecule has 0 atom stereocenters. The molecule has 1 heterocycles. The Hall–Kier alpha value is -5.08. The molecule has 8 heteroatoms. The first-order valence-corrected chi connectivity index (χ1v) is 14.1. The molecule has 1 aliphatic heterocycles. The molecule has 5 aromatic rings. The van der Waals surface area contributed by atoms with Crippen LogP contribution in [0.15, 0.2) is 108 Å². The van der Waals surface area contributed by atoms with Crippen LogP contribution in [0.5, 0.6) is 17.2 Å². The normalized spacial score (nSPS) is 14.1. The summed E-state index contributed by atoms with van der Waals surface area (Å²) in [5.41, 5.74) is 1.00. The Morgan fingerprint density at radius 3 is 2.26 bits per heavy atom. The van der Waals surface area contributed by atoms with Crippen LogP contribution in [0.2, 0.25) is 0 Å². The molecule has 0 saturated carbocycles. The van der Waals surface area contributed by atoms with Gasteiger partial charge in [0.05, 0.1) is 24.1 Å². The summed E-state index contributed by atoms with van der Waals surface area (Å²) < 4.78 is 17.1. The van der Waals surface area contributed by atoms with Crippen LogP contribution in [0.25, 0.3) is 27.6 Å². The molecule has 0 radical (unpaired) electrons. The SMILES string of the molecule is COc1ccc(/C=C2\SC(=O)N(CCOc3cccc4ccccc34)C2=O)cc1OC(=O)c1cccc2ccccc12. The number of carbonyl (C=O) groups is 3.